The zero-order chi connectivity index (χ0) is 18.9. The van der Waals surface area contributed by atoms with Gasteiger partial charge in [-0.15, -0.1) is 0 Å². The molecular weight excluding hydrogens is 340 g/mol. The molecular formula is C22H34N2O3. The smallest absolute Gasteiger partial charge is 0.176 e. The molecule has 27 heavy (non-hydrogen) atoms. The van der Waals surface area contributed by atoms with Crippen LogP contribution >= 0.6 is 0 Å². The van der Waals surface area contributed by atoms with Crippen LogP contribution in [0, 0.1) is 0 Å². The predicted octanol–water partition coefficient (Wildman–Crippen LogP) is 3.23. The van der Waals surface area contributed by atoms with Gasteiger partial charge in [0, 0.05) is 31.2 Å². The molecule has 1 aromatic carbocycles. The summed E-state index contributed by atoms with van der Waals surface area (Å²) in [5, 5.41) is 0. The summed E-state index contributed by atoms with van der Waals surface area (Å²) < 4.78 is 11.2. The van der Waals surface area contributed by atoms with E-state index in [1.165, 1.54) is 32.2 Å². The number of nitrogens with zero attached hydrogens (tertiary/aromatic N) is 2. The summed E-state index contributed by atoms with van der Waals surface area (Å²) in [4.78, 5) is 17.2. The number of likely N-dealkylation sites (tertiary alicyclic amines) is 1. The number of rotatable bonds is 10. The van der Waals surface area contributed by atoms with Gasteiger partial charge in [-0.3, -0.25) is 9.69 Å². The van der Waals surface area contributed by atoms with Crippen LogP contribution in [-0.2, 0) is 4.74 Å². The van der Waals surface area contributed by atoms with E-state index in [1.807, 2.05) is 24.3 Å². The average Bonchev–Trinajstić information content (AvgIpc) is 3.14. The van der Waals surface area contributed by atoms with Crippen LogP contribution in [0.25, 0.3) is 0 Å². The monoisotopic (exact) mass is 374 g/mol. The summed E-state index contributed by atoms with van der Waals surface area (Å²) >= 11 is 0. The van der Waals surface area contributed by atoms with Crippen molar-refractivity contribution < 1.29 is 14.3 Å². The van der Waals surface area contributed by atoms with E-state index in [2.05, 4.69) is 16.7 Å². The molecule has 1 atom stereocenters. The Morgan fingerprint density at radius 2 is 1.96 bits per heavy atom. The minimum Gasteiger partial charge on any atom is -0.494 e. The molecule has 0 spiro atoms. The summed E-state index contributed by atoms with van der Waals surface area (Å²) in [6.45, 7) is 8.95. The van der Waals surface area contributed by atoms with Gasteiger partial charge in [0.1, 0.15) is 5.75 Å². The number of hydrogen-bond donors (Lipinski definition) is 0. The van der Waals surface area contributed by atoms with Crippen LogP contribution in [0.1, 0.15) is 49.4 Å². The molecule has 5 nitrogen and oxygen atoms in total. The first-order chi connectivity index (χ1) is 13.3. The quantitative estimate of drug-likeness (QED) is 0.465. The van der Waals surface area contributed by atoms with Crippen molar-refractivity contribution in [2.75, 3.05) is 52.5 Å². The van der Waals surface area contributed by atoms with Crippen LogP contribution < -0.4 is 4.74 Å². The Hall–Kier alpha value is -1.43. The normalized spacial score (nSPS) is 21.4. The number of carbonyl (C=O) groups is 1. The molecule has 150 valence electrons. The Labute approximate surface area is 163 Å². The van der Waals surface area contributed by atoms with Crippen LogP contribution in [0.2, 0.25) is 0 Å². The Morgan fingerprint density at radius 1 is 1.19 bits per heavy atom. The second-order valence-corrected chi connectivity index (χ2v) is 7.66. The first-order valence-electron chi connectivity index (χ1n) is 10.6. The van der Waals surface area contributed by atoms with Crippen LogP contribution in [0.3, 0.4) is 0 Å². The van der Waals surface area contributed by atoms with Gasteiger partial charge in [-0.05, 0) is 56.5 Å². The van der Waals surface area contributed by atoms with Gasteiger partial charge in [0.25, 0.3) is 0 Å². The van der Waals surface area contributed by atoms with Gasteiger partial charge in [-0.25, -0.2) is 0 Å². The highest BCUT2D eigenvalue weighted by Gasteiger charge is 2.22. The minimum atomic E-state index is 0.166. The fraction of sp³-hybridized carbons (Fsp3) is 0.682. The van der Waals surface area contributed by atoms with E-state index in [-0.39, 0.29) is 5.78 Å². The number of ketones is 1. The maximum Gasteiger partial charge on any atom is 0.176 e. The Morgan fingerprint density at radius 3 is 2.70 bits per heavy atom. The zero-order valence-electron chi connectivity index (χ0n) is 16.7. The van der Waals surface area contributed by atoms with Gasteiger partial charge in [0.05, 0.1) is 26.4 Å². The molecule has 0 aromatic heterocycles. The molecule has 3 rings (SSSR count). The van der Waals surface area contributed by atoms with E-state index in [4.69, 9.17) is 9.47 Å². The molecule has 5 heteroatoms. The number of morpholine rings is 1. The summed E-state index contributed by atoms with van der Waals surface area (Å²) in [5.41, 5.74) is 0.758. The van der Waals surface area contributed by atoms with Crippen molar-refractivity contribution in [3.8, 4) is 5.75 Å². The minimum absolute atomic E-state index is 0.166. The molecule has 2 aliphatic heterocycles. The van der Waals surface area contributed by atoms with Crippen LogP contribution in [-0.4, -0.2) is 74.2 Å². The first-order valence-corrected chi connectivity index (χ1v) is 10.6. The van der Waals surface area contributed by atoms with E-state index in [0.29, 0.717) is 6.54 Å². The van der Waals surface area contributed by atoms with Gasteiger partial charge < -0.3 is 14.4 Å². The molecule has 0 N–H and O–H groups in total. The fourth-order valence-electron chi connectivity index (χ4n) is 4.10. The molecule has 2 aliphatic rings. The lowest BCUT2D eigenvalue weighted by molar-refractivity contribution is 0.0371. The third kappa shape index (κ3) is 6.30. The predicted molar refractivity (Wildman–Crippen MR) is 108 cm³/mol. The van der Waals surface area contributed by atoms with Crippen molar-refractivity contribution in [3.63, 3.8) is 0 Å². The third-order valence-electron chi connectivity index (χ3n) is 5.63. The van der Waals surface area contributed by atoms with Crippen molar-refractivity contribution >= 4 is 5.78 Å². The molecule has 0 aliphatic carbocycles. The van der Waals surface area contributed by atoms with E-state index in [1.54, 1.807) is 0 Å². The number of hydrogen-bond acceptors (Lipinski definition) is 5. The molecule has 0 saturated carbocycles. The maximum atomic E-state index is 12.4. The fourth-order valence-corrected chi connectivity index (χ4v) is 4.10. The number of ether oxygens (including phenoxy) is 2. The average molecular weight is 375 g/mol. The van der Waals surface area contributed by atoms with Crippen molar-refractivity contribution in [1.82, 2.24) is 9.80 Å². The van der Waals surface area contributed by atoms with Crippen molar-refractivity contribution in [3.05, 3.63) is 29.8 Å². The van der Waals surface area contributed by atoms with Gasteiger partial charge >= 0.3 is 0 Å². The van der Waals surface area contributed by atoms with Crippen LogP contribution in [0.5, 0.6) is 5.75 Å². The van der Waals surface area contributed by atoms with Gasteiger partial charge in [0.2, 0.25) is 0 Å². The lowest BCUT2D eigenvalue weighted by Gasteiger charge is -2.25. The molecule has 2 saturated heterocycles. The highest BCUT2D eigenvalue weighted by Crippen LogP contribution is 2.21. The molecule has 2 fully saturated rings. The SMILES string of the molecule is CCCC1CCCN1CCCOc1ccc(C(=O)CN2CCOCC2)cc1. The van der Waals surface area contributed by atoms with Gasteiger partial charge in [0.15, 0.2) is 5.78 Å². The van der Waals surface area contributed by atoms with Gasteiger partial charge in [-0.1, -0.05) is 13.3 Å². The van der Waals surface area contributed by atoms with Crippen molar-refractivity contribution in [2.45, 2.75) is 45.1 Å². The molecule has 2 heterocycles. The zero-order valence-corrected chi connectivity index (χ0v) is 16.7. The van der Waals surface area contributed by atoms with Crippen LogP contribution in [0.15, 0.2) is 24.3 Å². The summed E-state index contributed by atoms with van der Waals surface area (Å²) in [5.74, 6) is 1.02. The number of Topliss-reactive ketones (excluding diaryl/α,β-unsaturated/α-hetero) is 1. The van der Waals surface area contributed by atoms with Crippen molar-refractivity contribution in [1.29, 1.82) is 0 Å². The lowest BCUT2D eigenvalue weighted by Crippen LogP contribution is -2.39. The van der Waals surface area contributed by atoms with E-state index in [0.717, 1.165) is 63.2 Å². The topological polar surface area (TPSA) is 42.0 Å². The van der Waals surface area contributed by atoms with E-state index in [9.17, 15) is 4.79 Å². The van der Waals surface area contributed by atoms with E-state index < -0.39 is 0 Å². The number of benzene rings is 1. The van der Waals surface area contributed by atoms with Gasteiger partial charge in [-0.2, -0.15) is 0 Å². The summed E-state index contributed by atoms with van der Waals surface area (Å²) in [6, 6.07) is 8.39. The third-order valence-corrected chi connectivity index (χ3v) is 5.63. The Balaban J connectivity index is 1.36. The largest absolute Gasteiger partial charge is 0.494 e. The second kappa shape index (κ2) is 10.8. The highest BCUT2D eigenvalue weighted by molar-refractivity contribution is 5.97. The first kappa shape index (κ1) is 20.3. The highest BCUT2D eigenvalue weighted by atomic mass is 16.5. The molecule has 0 amide bonds. The standard InChI is InChI=1S/C22H34N2O3/c1-2-5-20-6-3-11-24(20)12-4-15-27-21-9-7-19(8-10-21)22(25)18-23-13-16-26-17-14-23/h7-10,20H,2-6,11-18H2,1H3. The lowest BCUT2D eigenvalue weighted by atomic mass is 10.1. The Bertz CT molecular complexity index is 569. The Kier molecular flexibility index (Phi) is 8.11. The summed E-state index contributed by atoms with van der Waals surface area (Å²) in [6.07, 6.45) is 6.34. The molecule has 1 aromatic rings. The summed E-state index contributed by atoms with van der Waals surface area (Å²) in [7, 11) is 0. The van der Waals surface area contributed by atoms with Crippen LogP contribution in [0.4, 0.5) is 0 Å². The maximum absolute atomic E-state index is 12.4. The second-order valence-electron chi connectivity index (χ2n) is 7.66. The van der Waals surface area contributed by atoms with E-state index >= 15 is 0 Å². The van der Waals surface area contributed by atoms with Crippen molar-refractivity contribution in [2.24, 2.45) is 0 Å². The molecule has 1 unspecified atom stereocenters. The molecule has 0 bridgehead atoms. The number of carbonyl (C=O) groups excluding carboxylic acids is 1. The molecule has 0 radical (unpaired) electrons.